The summed E-state index contributed by atoms with van der Waals surface area (Å²) in [5.74, 6) is 0. The number of nitriles is 1. The van der Waals surface area contributed by atoms with E-state index in [1.807, 2.05) is 24.3 Å². The molecule has 34 heavy (non-hydrogen) atoms. The van der Waals surface area contributed by atoms with Crippen molar-refractivity contribution in [3.63, 3.8) is 0 Å². The summed E-state index contributed by atoms with van der Waals surface area (Å²) in [5, 5.41) is 13.3. The van der Waals surface area contributed by atoms with Gasteiger partial charge in [0.15, 0.2) is 6.29 Å². The van der Waals surface area contributed by atoms with Gasteiger partial charge in [-0.1, -0.05) is 23.2 Å². The normalized spacial score (nSPS) is 16.0. The zero-order valence-corrected chi connectivity index (χ0v) is 22.1. The van der Waals surface area contributed by atoms with Gasteiger partial charge >= 0.3 is 0 Å². The van der Waals surface area contributed by atoms with Crippen LogP contribution in [0.15, 0.2) is 24.3 Å². The van der Waals surface area contributed by atoms with Gasteiger partial charge in [-0.25, -0.2) is 0 Å². The maximum absolute atomic E-state index is 11.2. The number of thiophene rings is 2. The van der Waals surface area contributed by atoms with Crippen molar-refractivity contribution in [1.29, 1.82) is 5.26 Å². The van der Waals surface area contributed by atoms with Crippen LogP contribution in [-0.4, -0.2) is 43.3 Å². The Labute approximate surface area is 216 Å². The van der Waals surface area contributed by atoms with Crippen LogP contribution in [-0.2, 0) is 25.9 Å². The fourth-order valence-corrected chi connectivity index (χ4v) is 7.51. The van der Waals surface area contributed by atoms with Crippen LogP contribution in [0.25, 0.3) is 20.2 Å². The molecule has 0 atom stereocenters. The van der Waals surface area contributed by atoms with Crippen molar-refractivity contribution < 1.29 is 4.79 Å². The van der Waals surface area contributed by atoms with E-state index in [1.165, 1.54) is 31.3 Å². The summed E-state index contributed by atoms with van der Waals surface area (Å²) in [6, 6.07) is 10.3. The molecule has 0 saturated heterocycles. The maximum atomic E-state index is 11.2. The zero-order valence-electron chi connectivity index (χ0n) is 19.0. The van der Waals surface area contributed by atoms with Gasteiger partial charge in [0, 0.05) is 62.0 Å². The molecule has 0 radical (unpaired) electrons. The van der Waals surface area contributed by atoms with Crippen molar-refractivity contribution in [3.8, 4) is 6.07 Å². The molecule has 6 rings (SSSR count). The van der Waals surface area contributed by atoms with E-state index < -0.39 is 0 Å². The third-order valence-electron chi connectivity index (χ3n) is 6.59. The molecule has 2 aliphatic rings. The smallest absolute Gasteiger partial charge is 0.160 e. The van der Waals surface area contributed by atoms with E-state index in [4.69, 9.17) is 23.2 Å². The Morgan fingerprint density at radius 1 is 0.853 bits per heavy atom. The minimum absolute atomic E-state index is 0.823. The molecule has 0 bridgehead atoms. The van der Waals surface area contributed by atoms with Gasteiger partial charge in [0.05, 0.1) is 4.88 Å². The molecule has 4 heterocycles. The van der Waals surface area contributed by atoms with E-state index in [0.29, 0.717) is 0 Å². The molecule has 0 saturated carbocycles. The first-order valence-electron chi connectivity index (χ1n) is 11.1. The van der Waals surface area contributed by atoms with Crippen molar-refractivity contribution in [1.82, 2.24) is 9.80 Å². The first-order valence-corrected chi connectivity index (χ1v) is 13.5. The van der Waals surface area contributed by atoms with E-state index in [-0.39, 0.29) is 0 Å². The molecule has 0 unspecified atom stereocenters. The summed E-state index contributed by atoms with van der Waals surface area (Å²) in [6.07, 6.45) is 2.88. The van der Waals surface area contributed by atoms with Gasteiger partial charge in [-0.05, 0) is 67.9 Å². The first kappa shape index (κ1) is 23.7. The second-order valence-electron chi connectivity index (χ2n) is 8.86. The highest BCUT2D eigenvalue weighted by Crippen LogP contribution is 2.40. The predicted octanol–water partition coefficient (Wildman–Crippen LogP) is 6.77. The lowest BCUT2D eigenvalue weighted by Gasteiger charge is -2.12. The standard InChI is InChI=1S/C13H11ClN2S.C13H12ClNOS/c1-16-5-4-8-10(14)2-3-11-13(8)9(7-16)12(6-15)17-11;1-15-5-4-8-10(14)2-3-11-13(8)9(6-15)12(7-16)17-11/h2-3H,4-5,7H2,1H3;2-3,7H,4-6H2,1H3. The summed E-state index contributed by atoms with van der Waals surface area (Å²) in [4.78, 5) is 17.3. The monoisotopic (exact) mass is 527 g/mol. The Balaban J connectivity index is 0.000000142. The molecule has 4 aromatic rings. The van der Waals surface area contributed by atoms with E-state index in [2.05, 4.69) is 30.0 Å². The van der Waals surface area contributed by atoms with E-state index >= 15 is 0 Å². The molecule has 8 heteroatoms. The van der Waals surface area contributed by atoms with Crippen molar-refractivity contribution in [2.24, 2.45) is 0 Å². The summed E-state index contributed by atoms with van der Waals surface area (Å²) < 4.78 is 2.36. The van der Waals surface area contributed by atoms with Crippen molar-refractivity contribution in [3.05, 3.63) is 66.3 Å². The molecule has 2 aromatic carbocycles. The number of hydrogen-bond donors (Lipinski definition) is 0. The Bertz CT molecular complexity index is 1470. The molecule has 174 valence electrons. The van der Waals surface area contributed by atoms with Gasteiger partial charge in [0.1, 0.15) is 10.9 Å². The number of halogens is 2. The number of aldehydes is 1. The first-order chi connectivity index (χ1) is 16.4. The molecule has 0 spiro atoms. The minimum atomic E-state index is 0.823. The van der Waals surface area contributed by atoms with Gasteiger partial charge in [0.2, 0.25) is 0 Å². The van der Waals surface area contributed by atoms with Crippen LogP contribution in [0.4, 0.5) is 0 Å². The Morgan fingerprint density at radius 3 is 1.94 bits per heavy atom. The number of nitrogens with zero attached hydrogens (tertiary/aromatic N) is 3. The third kappa shape index (κ3) is 4.15. The van der Waals surface area contributed by atoms with Crippen LogP contribution >= 0.6 is 45.9 Å². The highest BCUT2D eigenvalue weighted by Gasteiger charge is 2.22. The molecule has 4 nitrogen and oxygen atoms in total. The van der Waals surface area contributed by atoms with Gasteiger partial charge in [-0.2, -0.15) is 5.26 Å². The molecule has 0 fully saturated rings. The average molecular weight is 529 g/mol. The second-order valence-corrected chi connectivity index (χ2v) is 11.8. The molecule has 0 aliphatic carbocycles. The number of likely N-dealkylation sites (N-methyl/N-ethyl adjacent to an activating group) is 2. The minimum Gasteiger partial charge on any atom is -0.302 e. The SMILES string of the molecule is CN1CCc2c(Cl)ccc3sc(C#N)c(c23)C1.CN1CCc2c(Cl)ccc3sc(C=O)c(c23)C1. The van der Waals surface area contributed by atoms with E-state index in [1.54, 1.807) is 22.7 Å². The number of carbonyl (C=O) groups is 1. The third-order valence-corrected chi connectivity index (χ3v) is 9.53. The van der Waals surface area contributed by atoms with Crippen LogP contribution in [0.5, 0.6) is 0 Å². The van der Waals surface area contributed by atoms with E-state index in [9.17, 15) is 10.1 Å². The highest BCUT2D eigenvalue weighted by atomic mass is 35.5. The van der Waals surface area contributed by atoms with Crippen LogP contribution in [0, 0.1) is 11.3 Å². The Kier molecular flexibility index (Phi) is 6.69. The van der Waals surface area contributed by atoms with Crippen molar-refractivity contribution >= 4 is 72.3 Å². The lowest BCUT2D eigenvalue weighted by molar-refractivity contribution is 0.112. The van der Waals surface area contributed by atoms with Gasteiger partial charge in [-0.15, -0.1) is 22.7 Å². The highest BCUT2D eigenvalue weighted by molar-refractivity contribution is 7.20. The largest absolute Gasteiger partial charge is 0.302 e. The Morgan fingerprint density at radius 2 is 1.38 bits per heavy atom. The lowest BCUT2D eigenvalue weighted by Crippen LogP contribution is -2.18. The second kappa shape index (κ2) is 9.58. The van der Waals surface area contributed by atoms with Gasteiger partial charge in [-0.3, -0.25) is 4.79 Å². The van der Waals surface area contributed by atoms with Crippen LogP contribution in [0.2, 0.25) is 10.0 Å². The van der Waals surface area contributed by atoms with Crippen molar-refractivity contribution in [2.45, 2.75) is 25.9 Å². The zero-order chi connectivity index (χ0) is 24.0. The molecular weight excluding hydrogens is 505 g/mol. The summed E-state index contributed by atoms with van der Waals surface area (Å²) in [7, 11) is 4.17. The summed E-state index contributed by atoms with van der Waals surface area (Å²) in [5.41, 5.74) is 4.72. The number of hydrogen-bond acceptors (Lipinski definition) is 6. The quantitative estimate of drug-likeness (QED) is 0.256. The number of benzene rings is 2. The van der Waals surface area contributed by atoms with Crippen LogP contribution < -0.4 is 0 Å². The maximum Gasteiger partial charge on any atom is 0.160 e. The fourth-order valence-electron chi connectivity index (χ4n) is 4.91. The number of carbonyl (C=O) groups excluding carboxylic acids is 1. The summed E-state index contributed by atoms with van der Waals surface area (Å²) in [6.45, 7) is 3.65. The molecule has 0 amide bonds. The van der Waals surface area contributed by atoms with E-state index in [0.717, 1.165) is 76.2 Å². The van der Waals surface area contributed by atoms with Crippen molar-refractivity contribution in [2.75, 3.05) is 27.2 Å². The van der Waals surface area contributed by atoms with Gasteiger partial charge < -0.3 is 9.80 Å². The average Bonchev–Trinajstić information content (AvgIpc) is 3.21. The molecule has 0 N–H and O–H groups in total. The topological polar surface area (TPSA) is 47.3 Å². The van der Waals surface area contributed by atoms with Gasteiger partial charge in [0.25, 0.3) is 0 Å². The Hall–Kier alpha value is -1.98. The molecule has 2 aliphatic heterocycles. The van der Waals surface area contributed by atoms with Crippen LogP contribution in [0.1, 0.15) is 36.8 Å². The predicted molar refractivity (Wildman–Crippen MR) is 144 cm³/mol. The molecule has 2 aromatic heterocycles. The fraction of sp³-hybridized carbons (Fsp3) is 0.308. The lowest BCUT2D eigenvalue weighted by atomic mass is 10.0. The summed E-state index contributed by atoms with van der Waals surface area (Å²) >= 11 is 15.7. The number of rotatable bonds is 1. The molecular formula is C26H23Cl2N3OS2. The van der Waals surface area contributed by atoms with Crippen LogP contribution in [0.3, 0.4) is 0 Å².